The van der Waals surface area contributed by atoms with Crippen LogP contribution in [0.25, 0.3) is 5.69 Å². The fourth-order valence-electron chi connectivity index (χ4n) is 3.01. The molecule has 0 unspecified atom stereocenters. The fourth-order valence-corrected chi connectivity index (χ4v) is 5.27. The summed E-state index contributed by atoms with van der Waals surface area (Å²) in [6, 6.07) is 15.2. The highest BCUT2D eigenvalue weighted by Crippen LogP contribution is 2.27. The number of Topliss-reactive ketones (excluding diaryl/α,β-unsaturated/α-hetero) is 1. The molecule has 0 bridgehead atoms. The summed E-state index contributed by atoms with van der Waals surface area (Å²) in [5.41, 5.74) is 3.40. The third-order valence-electron chi connectivity index (χ3n) is 4.41. The molecule has 1 aliphatic heterocycles. The van der Waals surface area contributed by atoms with Crippen LogP contribution in [0.1, 0.15) is 28.8 Å². The smallest absolute Gasteiger partial charge is 0.224 e. The number of amides is 1. The summed E-state index contributed by atoms with van der Waals surface area (Å²) >= 11 is 8.20. The minimum absolute atomic E-state index is 0.0311. The third-order valence-corrected chi connectivity index (χ3v) is 6.77. The molecule has 0 radical (unpaired) electrons. The van der Waals surface area contributed by atoms with Gasteiger partial charge in [0.1, 0.15) is 0 Å². The van der Waals surface area contributed by atoms with Crippen LogP contribution in [0.5, 0.6) is 0 Å². The fraction of sp³-hybridized carbons (Fsp3) is 0.200. The first-order valence-electron chi connectivity index (χ1n) is 8.84. The minimum atomic E-state index is 0.0311. The summed E-state index contributed by atoms with van der Waals surface area (Å²) in [7, 11) is 0. The van der Waals surface area contributed by atoms with Gasteiger partial charge in [-0.15, -0.1) is 5.10 Å². The van der Waals surface area contributed by atoms with Gasteiger partial charge in [-0.1, -0.05) is 41.3 Å². The van der Waals surface area contributed by atoms with Crippen LogP contribution in [-0.4, -0.2) is 27.2 Å². The van der Waals surface area contributed by atoms with Crippen molar-refractivity contribution in [2.45, 2.75) is 23.6 Å². The topological polar surface area (TPSA) is 64.0 Å². The molecule has 2 heterocycles. The number of thioether (sulfide) groups is 1. The molecular weight excluding hydrogens is 410 g/mol. The Kier molecular flexibility index (Phi) is 5.70. The van der Waals surface area contributed by atoms with Crippen LogP contribution in [-0.2, 0) is 11.2 Å². The largest absolute Gasteiger partial charge is 0.326 e. The Labute approximate surface area is 175 Å². The Morgan fingerprint density at radius 2 is 2.04 bits per heavy atom. The molecule has 0 fully saturated rings. The highest BCUT2D eigenvalue weighted by molar-refractivity contribution is 8.01. The summed E-state index contributed by atoms with van der Waals surface area (Å²) in [5, 5.41) is 7.42. The van der Waals surface area contributed by atoms with E-state index in [1.165, 1.54) is 23.1 Å². The normalized spacial score (nSPS) is 13.5. The number of anilines is 1. The van der Waals surface area contributed by atoms with Crippen molar-refractivity contribution in [2.24, 2.45) is 0 Å². The Morgan fingerprint density at radius 1 is 1.21 bits per heavy atom. The molecule has 5 nitrogen and oxygen atoms in total. The maximum atomic E-state index is 12.7. The van der Waals surface area contributed by atoms with E-state index in [-0.39, 0.29) is 11.7 Å². The monoisotopic (exact) mass is 427 g/mol. The molecule has 1 aromatic heterocycles. The number of aromatic nitrogens is 2. The summed E-state index contributed by atoms with van der Waals surface area (Å²) in [6.07, 6.45) is 2.11. The SMILES string of the molecule is O=C1CCCc2cc(C(=O)CSc3nn(-c4ccccc4)c(=S)s3)ccc2N1. The number of nitrogens with zero attached hydrogens (tertiary/aromatic N) is 2. The summed E-state index contributed by atoms with van der Waals surface area (Å²) in [4.78, 5) is 24.3. The third kappa shape index (κ3) is 4.24. The van der Waals surface area contributed by atoms with Crippen LogP contribution in [0.15, 0.2) is 52.9 Å². The number of para-hydroxylation sites is 1. The number of hydrogen-bond donors (Lipinski definition) is 1. The second-order valence-electron chi connectivity index (χ2n) is 6.37. The molecule has 0 aliphatic carbocycles. The lowest BCUT2D eigenvalue weighted by Gasteiger charge is -2.08. The molecular formula is C20H17N3O2S3. The molecule has 1 N–H and O–H groups in total. The van der Waals surface area contributed by atoms with E-state index in [1.807, 2.05) is 42.5 Å². The van der Waals surface area contributed by atoms with Crippen LogP contribution in [0.3, 0.4) is 0 Å². The van der Waals surface area contributed by atoms with Gasteiger partial charge < -0.3 is 5.32 Å². The Morgan fingerprint density at radius 3 is 2.86 bits per heavy atom. The molecule has 28 heavy (non-hydrogen) atoms. The molecule has 3 aromatic rings. The Bertz CT molecular complexity index is 1090. The minimum Gasteiger partial charge on any atom is -0.326 e. The highest BCUT2D eigenvalue weighted by Gasteiger charge is 2.16. The van der Waals surface area contributed by atoms with Gasteiger partial charge in [0.15, 0.2) is 14.1 Å². The zero-order chi connectivity index (χ0) is 19.5. The van der Waals surface area contributed by atoms with Crippen LogP contribution < -0.4 is 5.32 Å². The average molecular weight is 428 g/mol. The van der Waals surface area contributed by atoms with Gasteiger partial charge in [0.2, 0.25) is 5.91 Å². The van der Waals surface area contributed by atoms with Gasteiger partial charge in [-0.2, -0.15) is 0 Å². The van der Waals surface area contributed by atoms with Crippen molar-refractivity contribution < 1.29 is 9.59 Å². The number of carbonyl (C=O) groups excluding carboxylic acids is 2. The maximum absolute atomic E-state index is 12.7. The van der Waals surface area contributed by atoms with Crippen molar-refractivity contribution in [2.75, 3.05) is 11.1 Å². The van der Waals surface area contributed by atoms with Crippen molar-refractivity contribution in [1.82, 2.24) is 9.78 Å². The lowest BCUT2D eigenvalue weighted by Crippen LogP contribution is -2.10. The predicted molar refractivity (Wildman–Crippen MR) is 115 cm³/mol. The van der Waals surface area contributed by atoms with Crippen LogP contribution in [0.4, 0.5) is 5.69 Å². The molecule has 0 saturated heterocycles. The molecule has 0 atom stereocenters. The van der Waals surface area contributed by atoms with Crippen LogP contribution in [0.2, 0.25) is 0 Å². The average Bonchev–Trinajstić information content (AvgIpc) is 2.97. The number of benzene rings is 2. The zero-order valence-corrected chi connectivity index (χ0v) is 17.3. The van der Waals surface area contributed by atoms with E-state index >= 15 is 0 Å². The van der Waals surface area contributed by atoms with Gasteiger partial charge in [-0.3, -0.25) is 9.59 Å². The second kappa shape index (κ2) is 8.38. The molecule has 0 saturated carbocycles. The van der Waals surface area contributed by atoms with Crippen molar-refractivity contribution in [3.05, 3.63) is 63.6 Å². The van der Waals surface area contributed by atoms with E-state index < -0.39 is 0 Å². The molecule has 1 amide bonds. The number of fused-ring (bicyclic) bond motifs is 1. The van der Waals surface area contributed by atoms with Crippen LogP contribution >= 0.6 is 35.3 Å². The van der Waals surface area contributed by atoms with E-state index in [4.69, 9.17) is 12.2 Å². The quantitative estimate of drug-likeness (QED) is 0.356. The molecule has 2 aromatic carbocycles. The lowest BCUT2D eigenvalue weighted by molar-refractivity contribution is -0.116. The molecule has 0 spiro atoms. The van der Waals surface area contributed by atoms with Crippen molar-refractivity contribution in [1.29, 1.82) is 0 Å². The van der Waals surface area contributed by atoms with E-state index in [9.17, 15) is 9.59 Å². The predicted octanol–water partition coefficient (Wildman–Crippen LogP) is 4.91. The lowest BCUT2D eigenvalue weighted by atomic mass is 10.0. The van der Waals surface area contributed by atoms with Gasteiger partial charge in [0.25, 0.3) is 0 Å². The Hall–Kier alpha value is -2.29. The maximum Gasteiger partial charge on any atom is 0.224 e. The van der Waals surface area contributed by atoms with Gasteiger partial charge in [-0.05, 0) is 61.0 Å². The van der Waals surface area contributed by atoms with Gasteiger partial charge >= 0.3 is 0 Å². The highest BCUT2D eigenvalue weighted by atomic mass is 32.2. The molecule has 4 rings (SSSR count). The molecule has 142 valence electrons. The number of hydrogen-bond acceptors (Lipinski definition) is 6. The second-order valence-corrected chi connectivity index (χ2v) is 9.21. The van der Waals surface area contributed by atoms with E-state index in [0.717, 1.165) is 34.1 Å². The zero-order valence-electron chi connectivity index (χ0n) is 14.9. The van der Waals surface area contributed by atoms with Gasteiger partial charge in [0, 0.05) is 17.7 Å². The summed E-state index contributed by atoms with van der Waals surface area (Å²) < 4.78 is 3.14. The van der Waals surface area contributed by atoms with Gasteiger partial charge in [-0.25, -0.2) is 4.68 Å². The summed E-state index contributed by atoms with van der Waals surface area (Å²) in [6.45, 7) is 0. The van der Waals surface area contributed by atoms with Crippen molar-refractivity contribution in [3.8, 4) is 5.69 Å². The van der Waals surface area contributed by atoms with E-state index in [1.54, 1.807) is 10.7 Å². The molecule has 1 aliphatic rings. The summed E-state index contributed by atoms with van der Waals surface area (Å²) in [5.74, 6) is 0.363. The number of ketones is 1. The van der Waals surface area contributed by atoms with E-state index in [0.29, 0.717) is 21.7 Å². The van der Waals surface area contributed by atoms with Crippen molar-refractivity contribution in [3.63, 3.8) is 0 Å². The number of rotatable bonds is 5. The first-order chi connectivity index (χ1) is 13.6. The Balaban J connectivity index is 1.46. The number of carbonyl (C=O) groups is 2. The standard InChI is InChI=1S/C20H17N3O2S3/c24-17(14-9-10-16-13(11-14)5-4-8-18(25)21-16)12-27-19-22-23(20(26)28-19)15-6-2-1-3-7-15/h1-3,6-7,9-11H,4-5,8,12H2,(H,21,25). The number of nitrogens with one attached hydrogen (secondary N) is 1. The van der Waals surface area contributed by atoms with Gasteiger partial charge in [0.05, 0.1) is 11.4 Å². The number of aryl methyl sites for hydroxylation is 1. The molecule has 8 heteroatoms. The first kappa shape index (κ1) is 19.0. The van der Waals surface area contributed by atoms with Crippen molar-refractivity contribution >= 4 is 52.7 Å². The van der Waals surface area contributed by atoms with E-state index in [2.05, 4.69) is 10.4 Å². The van der Waals surface area contributed by atoms with Crippen LogP contribution in [0, 0.1) is 3.95 Å². The first-order valence-corrected chi connectivity index (χ1v) is 11.1.